The van der Waals surface area contributed by atoms with Crippen LogP contribution in [0.1, 0.15) is 39.5 Å². The third-order valence-corrected chi connectivity index (χ3v) is 6.02. The molecule has 1 atom stereocenters. The Bertz CT molecular complexity index is 676. The quantitative estimate of drug-likeness (QED) is 0.235. The van der Waals surface area contributed by atoms with Crippen LogP contribution >= 0.6 is 0 Å². The Kier molecular flexibility index (Phi) is 9.05. The molecule has 0 aliphatic heterocycles. The van der Waals surface area contributed by atoms with E-state index in [-0.39, 0.29) is 21.2 Å². The van der Waals surface area contributed by atoms with Crippen molar-refractivity contribution in [1.82, 2.24) is 0 Å². The van der Waals surface area contributed by atoms with Gasteiger partial charge in [0.1, 0.15) is 5.75 Å². The summed E-state index contributed by atoms with van der Waals surface area (Å²) < 4.78 is 73.4. The molecule has 2 aromatic rings. The van der Waals surface area contributed by atoms with Gasteiger partial charge in [-0.25, -0.2) is 0 Å². The zero-order chi connectivity index (χ0) is 21.3. The first kappa shape index (κ1) is 25.5. The number of hydrogen-bond acceptors (Lipinski definition) is 2. The van der Waals surface area contributed by atoms with Gasteiger partial charge in [-0.3, -0.25) is 0 Å². The van der Waals surface area contributed by atoms with Crippen LogP contribution in [0.2, 0.25) is 0 Å². The molecule has 1 heterocycles. The second-order valence-electron chi connectivity index (χ2n) is 6.15. The Balaban J connectivity index is 0.000000480. The van der Waals surface area contributed by atoms with Crippen LogP contribution < -0.4 is 25.9 Å². The molecule has 1 aromatic carbocycles. The average Bonchev–Trinajstić information content (AvgIpc) is 3.06. The van der Waals surface area contributed by atoms with E-state index in [1.807, 2.05) is 6.07 Å². The van der Waals surface area contributed by atoms with Crippen LogP contribution in [0.25, 0.3) is 0 Å². The van der Waals surface area contributed by atoms with Gasteiger partial charge in [-0.1, -0.05) is 33.1 Å². The summed E-state index contributed by atoms with van der Waals surface area (Å²) in [6.45, 7) is 5.33. The van der Waals surface area contributed by atoms with Gasteiger partial charge in [-0.05, 0) is 42.7 Å². The molecule has 0 saturated carbocycles. The van der Waals surface area contributed by atoms with Gasteiger partial charge in [-0.15, -0.1) is 0 Å². The average molecular weight is 635 g/mol. The SMILES string of the molecule is CCCCC(CC)COc1ccc([I+]c2ccco2)cc1.[F][Sb-]([F])([F])([F])([F])[F]. The number of rotatable bonds is 9. The third kappa shape index (κ3) is 15.4. The molecule has 2 rings (SSSR count). The van der Waals surface area contributed by atoms with E-state index in [9.17, 15) is 16.9 Å². The summed E-state index contributed by atoms with van der Waals surface area (Å²) in [5.74, 6) is 1.66. The van der Waals surface area contributed by atoms with Crippen molar-refractivity contribution < 1.29 is 47.2 Å². The molecule has 0 fully saturated rings. The summed E-state index contributed by atoms with van der Waals surface area (Å²) in [5, 5.41) is 0. The molecule has 0 aliphatic rings. The Morgan fingerprint density at radius 3 is 2.07 bits per heavy atom. The maximum atomic E-state index is 9.93. The predicted molar refractivity (Wildman–Crippen MR) is 93.7 cm³/mol. The second kappa shape index (κ2) is 9.96. The van der Waals surface area contributed by atoms with E-state index < -0.39 is 19.5 Å². The standard InChI is InChI=1S/C18H24IO2.6FH.Sb/c1-3-5-7-15(4-2)14-21-17-11-9-16(10-12-17)19-18-8-6-13-20-18;;;;;;;/h6,8-13,15H,3-5,7,14H2,1-2H3;6*1H;/q+1;;;;;;;+5/p-6. The zero-order valence-electron chi connectivity index (χ0n) is 15.6. The van der Waals surface area contributed by atoms with Crippen LogP contribution in [0.4, 0.5) is 16.9 Å². The minimum absolute atomic E-state index is 0.203. The molecule has 0 radical (unpaired) electrons. The van der Waals surface area contributed by atoms with Gasteiger partial charge in [0.15, 0.2) is 3.57 Å². The number of hydrogen-bond donors (Lipinski definition) is 0. The van der Waals surface area contributed by atoms with E-state index in [1.165, 1.54) is 29.3 Å². The van der Waals surface area contributed by atoms with Crippen LogP contribution in [0.15, 0.2) is 47.1 Å². The van der Waals surface area contributed by atoms with Gasteiger partial charge in [0.2, 0.25) is 0 Å². The van der Waals surface area contributed by atoms with Crippen LogP contribution in [0.3, 0.4) is 0 Å². The van der Waals surface area contributed by atoms with Gasteiger partial charge in [0, 0.05) is 6.07 Å². The van der Waals surface area contributed by atoms with Crippen LogP contribution in [0, 0.1) is 13.3 Å². The fraction of sp³-hybridized carbons (Fsp3) is 0.444. The maximum absolute atomic E-state index is 11.2. The predicted octanol–water partition coefficient (Wildman–Crippen LogP) is 4.14. The first-order valence-corrected chi connectivity index (χ1v) is 16.7. The molecule has 0 spiro atoms. The molecule has 1 aromatic heterocycles. The third-order valence-electron chi connectivity index (χ3n) is 3.53. The molecule has 0 N–H and O–H groups in total. The molecule has 0 saturated heterocycles. The Hall–Kier alpha value is -0.572. The zero-order valence-corrected chi connectivity index (χ0v) is 20.3. The summed E-state index contributed by atoms with van der Waals surface area (Å²) >= 11 is -11.5. The van der Waals surface area contributed by atoms with Crippen molar-refractivity contribution in [3.63, 3.8) is 0 Å². The van der Waals surface area contributed by atoms with Crippen molar-refractivity contribution in [3.05, 3.63) is 50.0 Å². The normalized spacial score (nSPS) is 15.0. The van der Waals surface area contributed by atoms with E-state index in [0.717, 1.165) is 16.1 Å². The molecular formula is C18H24F6IO2Sb. The first-order chi connectivity index (χ1) is 12.8. The number of furan rings is 1. The van der Waals surface area contributed by atoms with Gasteiger partial charge in [0.25, 0.3) is 0 Å². The monoisotopic (exact) mass is 634 g/mol. The van der Waals surface area contributed by atoms with Gasteiger partial charge in [0.05, 0.1) is 12.9 Å². The van der Waals surface area contributed by atoms with E-state index in [0.29, 0.717) is 5.92 Å². The first-order valence-electron chi connectivity index (χ1n) is 8.74. The van der Waals surface area contributed by atoms with Crippen LogP contribution in [-0.2, 0) is 0 Å². The molecule has 1 unspecified atom stereocenters. The summed E-state index contributed by atoms with van der Waals surface area (Å²) in [6, 6.07) is 12.5. The van der Waals surface area contributed by atoms with Crippen LogP contribution in [-0.4, -0.2) is 26.1 Å². The summed E-state index contributed by atoms with van der Waals surface area (Å²) in [4.78, 5) is 0. The molecule has 2 nitrogen and oxygen atoms in total. The van der Waals surface area contributed by atoms with Crippen molar-refractivity contribution in [3.8, 4) is 5.75 Å². The van der Waals surface area contributed by atoms with E-state index in [2.05, 4.69) is 44.2 Å². The Labute approximate surface area is 173 Å². The van der Waals surface area contributed by atoms with Gasteiger partial charge < -0.3 is 9.15 Å². The summed E-state index contributed by atoms with van der Waals surface area (Å²) in [7, 11) is 0. The van der Waals surface area contributed by atoms with Crippen molar-refractivity contribution in [2.45, 2.75) is 39.5 Å². The summed E-state index contributed by atoms with van der Waals surface area (Å²) in [6.07, 6.45) is 6.78. The minimum atomic E-state index is -11.2. The van der Waals surface area contributed by atoms with Gasteiger partial charge in [-0.2, -0.15) is 0 Å². The van der Waals surface area contributed by atoms with Crippen molar-refractivity contribution in [1.29, 1.82) is 0 Å². The van der Waals surface area contributed by atoms with E-state index >= 15 is 0 Å². The van der Waals surface area contributed by atoms with Crippen LogP contribution in [0.5, 0.6) is 5.75 Å². The van der Waals surface area contributed by atoms with E-state index in [4.69, 9.17) is 9.15 Å². The summed E-state index contributed by atoms with van der Waals surface area (Å²) in [5.41, 5.74) is 0. The fourth-order valence-corrected chi connectivity index (χ4v) is 4.12. The molecular weight excluding hydrogens is 611 g/mol. The number of ether oxygens (including phenoxy) is 1. The topological polar surface area (TPSA) is 22.4 Å². The number of benzene rings is 1. The molecule has 10 heteroatoms. The number of halogens is 7. The fourth-order valence-electron chi connectivity index (χ4n) is 2.13. The van der Waals surface area contributed by atoms with Crippen molar-refractivity contribution >= 4 is 19.5 Å². The Morgan fingerprint density at radius 2 is 1.61 bits per heavy atom. The van der Waals surface area contributed by atoms with Crippen molar-refractivity contribution in [2.24, 2.45) is 5.92 Å². The number of unbranched alkanes of at least 4 members (excludes halogenated alkanes) is 1. The molecule has 0 bridgehead atoms. The molecule has 28 heavy (non-hydrogen) atoms. The van der Waals surface area contributed by atoms with E-state index in [1.54, 1.807) is 6.26 Å². The second-order valence-corrected chi connectivity index (χ2v) is 14.5. The molecule has 0 aliphatic carbocycles. The molecule has 0 amide bonds. The van der Waals surface area contributed by atoms with Gasteiger partial charge >= 0.3 is 61.3 Å². The molecule has 162 valence electrons. The van der Waals surface area contributed by atoms with Crippen molar-refractivity contribution in [2.75, 3.05) is 6.61 Å². The Morgan fingerprint density at radius 1 is 1.00 bits per heavy atom.